The summed E-state index contributed by atoms with van der Waals surface area (Å²) in [6.07, 6.45) is 5.18. The van der Waals surface area contributed by atoms with Crippen molar-refractivity contribution in [1.82, 2.24) is 40.0 Å². The van der Waals surface area contributed by atoms with Crippen LogP contribution in [-0.4, -0.2) is 102 Å². The topological polar surface area (TPSA) is 177 Å². The minimum absolute atomic E-state index is 0.00863. The second kappa shape index (κ2) is 15.4. The first-order valence-corrected chi connectivity index (χ1v) is 19.4. The molecule has 3 aliphatic rings. The number of amides is 4. The number of ether oxygens (including phenoxy) is 1. The van der Waals surface area contributed by atoms with Crippen LogP contribution in [0, 0.1) is 29.6 Å². The highest BCUT2D eigenvalue weighted by Gasteiger charge is 2.56. The number of benzene rings is 2. The minimum atomic E-state index is -1.12. The van der Waals surface area contributed by atoms with Crippen LogP contribution in [0.25, 0.3) is 22.0 Å². The summed E-state index contributed by atoms with van der Waals surface area (Å²) in [5.74, 6) is 7.54. The number of fused-ring (bicyclic) bond motifs is 2. The Morgan fingerprint density at radius 1 is 0.893 bits per heavy atom. The van der Waals surface area contributed by atoms with Crippen molar-refractivity contribution in [2.45, 2.75) is 96.6 Å². The van der Waals surface area contributed by atoms with E-state index in [2.05, 4.69) is 33.2 Å². The number of carbonyl (C=O) groups is 4. The summed E-state index contributed by atoms with van der Waals surface area (Å²) in [6, 6.07) is 10.3. The number of methoxy groups -OCH3 is 1. The molecule has 4 heterocycles. The number of carboxylic acid groups (broad SMARTS) is 1. The first-order chi connectivity index (χ1) is 26.7. The molecule has 1 aliphatic carbocycles. The lowest BCUT2D eigenvalue weighted by Gasteiger charge is -2.35. The van der Waals surface area contributed by atoms with E-state index in [1.165, 1.54) is 14.2 Å². The Morgan fingerprint density at radius 3 is 2.32 bits per heavy atom. The van der Waals surface area contributed by atoms with Gasteiger partial charge in [0.05, 0.1) is 24.9 Å². The van der Waals surface area contributed by atoms with Gasteiger partial charge in [-0.2, -0.15) is 0 Å². The number of H-pyrrole nitrogens is 2. The van der Waals surface area contributed by atoms with E-state index >= 15 is 0 Å². The molecule has 294 valence electrons. The smallest absolute Gasteiger partial charge is 0.407 e. The number of nitrogens with zero attached hydrogens (tertiary/aromatic N) is 5. The highest BCUT2D eigenvalue weighted by molar-refractivity contribution is 5.89. The normalized spacial score (nSPS) is 22.4. The SMILES string of the molecule is COC(=O)N[C@H](C(=O)N1[C@@H](C)CC[C@H]1c1nc(-c2ccc3cc(C#Cc4c[nH]c([C@@H]5C[C@H]6C[C@H]6N5C(=O)[C@H](C(C)C)N(C)C(=O)O)n4)ccc3c2)c[nH]1)C(C)C. The average Bonchev–Trinajstić information content (AvgIpc) is 3.64. The Bertz CT molecular complexity index is 2220. The van der Waals surface area contributed by atoms with Crippen LogP contribution in [0.3, 0.4) is 0 Å². The van der Waals surface area contributed by atoms with Crippen LogP contribution in [-0.2, 0) is 14.3 Å². The van der Waals surface area contributed by atoms with Crippen molar-refractivity contribution in [1.29, 1.82) is 0 Å². The van der Waals surface area contributed by atoms with Gasteiger partial charge in [-0.25, -0.2) is 19.6 Å². The zero-order valence-corrected chi connectivity index (χ0v) is 32.9. The van der Waals surface area contributed by atoms with E-state index in [4.69, 9.17) is 14.7 Å². The third-order valence-electron chi connectivity index (χ3n) is 11.6. The molecule has 7 atom stereocenters. The van der Waals surface area contributed by atoms with Crippen molar-refractivity contribution in [3.05, 3.63) is 71.7 Å². The highest BCUT2D eigenvalue weighted by atomic mass is 16.5. The van der Waals surface area contributed by atoms with E-state index in [0.717, 1.165) is 58.2 Å². The molecule has 4 aromatic rings. The van der Waals surface area contributed by atoms with E-state index in [9.17, 15) is 24.3 Å². The number of likely N-dealkylation sites (N-methyl/N-ethyl adjacent to an activating group) is 1. The molecule has 7 rings (SSSR count). The molecule has 2 aromatic carbocycles. The first-order valence-electron chi connectivity index (χ1n) is 19.4. The molecule has 4 N–H and O–H groups in total. The lowest BCUT2D eigenvalue weighted by atomic mass is 10.0. The molecular formula is C42H50N8O6. The van der Waals surface area contributed by atoms with Crippen LogP contribution in [0.2, 0.25) is 0 Å². The molecule has 56 heavy (non-hydrogen) atoms. The number of hydrogen-bond donors (Lipinski definition) is 4. The van der Waals surface area contributed by atoms with Crippen molar-refractivity contribution in [3.63, 3.8) is 0 Å². The van der Waals surface area contributed by atoms with Gasteiger partial charge in [0.2, 0.25) is 11.8 Å². The largest absolute Gasteiger partial charge is 0.465 e. The van der Waals surface area contributed by atoms with Gasteiger partial charge < -0.3 is 34.9 Å². The standard InChI is InChI=1S/C42H50N8O6/c1-22(2)35(47-41(53)56-7)39(51)49-24(5)8-15-32(49)37-44-21-31(46-37)28-13-12-26-16-25(9-11-27(26)17-28)10-14-30-20-43-38(45-30)34-19-29-18-33(29)50(34)40(52)36(23(3)4)48(6)42(54)55/h9,11-13,16-17,20-24,29,32-36H,8,15,18-19H2,1-7H3,(H,43,45)(H,44,46)(H,47,53)(H,54,55)/t24-,29+,32-,33+,34-,35-,36-/m0/s1. The molecule has 1 saturated carbocycles. The summed E-state index contributed by atoms with van der Waals surface area (Å²) < 4.78 is 4.78. The average molecular weight is 763 g/mol. The van der Waals surface area contributed by atoms with Crippen LogP contribution in [0.1, 0.15) is 95.3 Å². The van der Waals surface area contributed by atoms with Gasteiger partial charge in [-0.05, 0) is 85.3 Å². The number of hydrogen-bond acceptors (Lipinski definition) is 7. The second-order valence-corrected chi connectivity index (χ2v) is 16.1. The van der Waals surface area contributed by atoms with Gasteiger partial charge in [0, 0.05) is 42.7 Å². The second-order valence-electron chi connectivity index (χ2n) is 16.1. The molecular weight excluding hydrogens is 713 g/mol. The van der Waals surface area contributed by atoms with Crippen molar-refractivity contribution < 1.29 is 29.0 Å². The zero-order chi connectivity index (χ0) is 40.0. The minimum Gasteiger partial charge on any atom is -0.465 e. The summed E-state index contributed by atoms with van der Waals surface area (Å²) in [5.41, 5.74) is 3.10. The summed E-state index contributed by atoms with van der Waals surface area (Å²) in [7, 11) is 2.74. The first kappa shape index (κ1) is 38.4. The maximum absolute atomic E-state index is 13.8. The monoisotopic (exact) mass is 762 g/mol. The van der Waals surface area contributed by atoms with Gasteiger partial charge in [0.1, 0.15) is 29.4 Å². The van der Waals surface area contributed by atoms with E-state index in [-0.39, 0.29) is 47.8 Å². The van der Waals surface area contributed by atoms with Crippen LogP contribution >= 0.6 is 0 Å². The van der Waals surface area contributed by atoms with Crippen LogP contribution in [0.15, 0.2) is 48.8 Å². The fourth-order valence-electron chi connectivity index (χ4n) is 8.52. The fourth-order valence-corrected chi connectivity index (χ4v) is 8.52. The number of nitrogens with one attached hydrogen (secondary N) is 3. The van der Waals surface area contributed by atoms with Crippen LogP contribution in [0.5, 0.6) is 0 Å². The Balaban J connectivity index is 1.04. The van der Waals surface area contributed by atoms with Crippen LogP contribution in [0.4, 0.5) is 9.59 Å². The Morgan fingerprint density at radius 2 is 1.61 bits per heavy atom. The number of likely N-dealkylation sites (tertiary alicyclic amines) is 2. The van der Waals surface area contributed by atoms with Crippen molar-refractivity contribution in [3.8, 4) is 23.1 Å². The van der Waals surface area contributed by atoms with Gasteiger partial charge in [-0.1, -0.05) is 51.8 Å². The molecule has 14 heteroatoms. The van der Waals surface area contributed by atoms with Crippen LogP contribution < -0.4 is 5.32 Å². The summed E-state index contributed by atoms with van der Waals surface area (Å²) in [4.78, 5) is 72.4. The van der Waals surface area contributed by atoms with Crippen molar-refractivity contribution in [2.24, 2.45) is 17.8 Å². The fraction of sp³-hybridized carbons (Fsp3) is 0.476. The van der Waals surface area contributed by atoms with E-state index in [1.54, 1.807) is 6.20 Å². The lowest BCUT2D eigenvalue weighted by molar-refractivity contribution is -0.140. The number of rotatable bonds is 9. The quantitative estimate of drug-likeness (QED) is 0.148. The number of carbonyl (C=O) groups excluding carboxylic acids is 3. The van der Waals surface area contributed by atoms with E-state index in [1.807, 2.05) is 80.9 Å². The van der Waals surface area contributed by atoms with Gasteiger partial charge in [-0.3, -0.25) is 14.5 Å². The maximum atomic E-state index is 13.8. The maximum Gasteiger partial charge on any atom is 0.407 e. The summed E-state index contributed by atoms with van der Waals surface area (Å²) in [5, 5.41) is 14.4. The van der Waals surface area contributed by atoms with Crippen molar-refractivity contribution >= 4 is 34.8 Å². The molecule has 0 bridgehead atoms. The van der Waals surface area contributed by atoms with Gasteiger partial charge in [0.15, 0.2) is 0 Å². The van der Waals surface area contributed by atoms with Gasteiger partial charge >= 0.3 is 12.2 Å². The van der Waals surface area contributed by atoms with E-state index < -0.39 is 24.3 Å². The highest BCUT2D eigenvalue weighted by Crippen LogP contribution is 2.53. The summed E-state index contributed by atoms with van der Waals surface area (Å²) >= 11 is 0. The molecule has 4 amide bonds. The number of piperidine rings is 1. The lowest BCUT2D eigenvalue weighted by Crippen LogP contribution is -2.52. The molecule has 3 fully saturated rings. The molecule has 2 saturated heterocycles. The van der Waals surface area contributed by atoms with Gasteiger partial charge in [0.25, 0.3) is 0 Å². The third kappa shape index (κ3) is 7.42. The Labute approximate surface area is 326 Å². The predicted molar refractivity (Wildman–Crippen MR) is 209 cm³/mol. The van der Waals surface area contributed by atoms with Crippen molar-refractivity contribution in [2.75, 3.05) is 14.2 Å². The summed E-state index contributed by atoms with van der Waals surface area (Å²) in [6.45, 7) is 9.56. The number of aromatic amines is 2. The number of imidazole rings is 2. The molecule has 0 spiro atoms. The molecule has 2 aromatic heterocycles. The number of aromatic nitrogens is 4. The number of alkyl carbamates (subject to hydrolysis) is 1. The third-order valence-corrected chi connectivity index (χ3v) is 11.6. The zero-order valence-electron chi connectivity index (χ0n) is 32.9. The molecule has 2 aliphatic heterocycles. The van der Waals surface area contributed by atoms with E-state index in [0.29, 0.717) is 23.3 Å². The molecule has 0 unspecified atom stereocenters. The molecule has 0 radical (unpaired) electrons. The molecule has 14 nitrogen and oxygen atoms in total. The Hall–Kier alpha value is -5.84. The van der Waals surface area contributed by atoms with Gasteiger partial charge in [-0.15, -0.1) is 0 Å². The predicted octanol–water partition coefficient (Wildman–Crippen LogP) is 6.08. The Kier molecular flexibility index (Phi) is 10.5.